The second-order valence-corrected chi connectivity index (χ2v) is 3.79. The van der Waals surface area contributed by atoms with E-state index in [9.17, 15) is 0 Å². The van der Waals surface area contributed by atoms with Gasteiger partial charge in [-0.2, -0.15) is 0 Å². The van der Waals surface area contributed by atoms with Crippen molar-refractivity contribution in [2.45, 2.75) is 51.1 Å². The average Bonchev–Trinajstić information content (AvgIpc) is 2.06. The normalized spacial score (nSPS) is 45.9. The van der Waals surface area contributed by atoms with E-state index in [1.165, 1.54) is 32.1 Å². The minimum absolute atomic E-state index is 0.868. The lowest BCUT2D eigenvalue weighted by Crippen LogP contribution is -2.51. The molecule has 0 aromatic carbocycles. The summed E-state index contributed by atoms with van der Waals surface area (Å²) in [4.78, 5) is 0. The van der Waals surface area contributed by atoms with E-state index < -0.39 is 0 Å². The zero-order valence-corrected chi connectivity index (χ0v) is 6.77. The first kappa shape index (κ1) is 6.66. The zero-order valence-electron chi connectivity index (χ0n) is 6.77. The first-order valence-electron chi connectivity index (χ1n) is 4.66. The lowest BCUT2D eigenvalue weighted by molar-refractivity contribution is 0.145. The molecule has 3 aliphatic rings. The summed E-state index contributed by atoms with van der Waals surface area (Å²) in [7, 11) is 0. The Morgan fingerprint density at radius 2 is 1.90 bits per heavy atom. The third kappa shape index (κ3) is 0.968. The van der Waals surface area contributed by atoms with E-state index in [1.54, 1.807) is 0 Å². The monoisotopic (exact) mass is 139 g/mol. The zero-order chi connectivity index (χ0) is 6.97. The SMILES string of the molecule is CCC1NC2CCC1CC2. The molecule has 2 heterocycles. The van der Waals surface area contributed by atoms with E-state index in [0.29, 0.717) is 0 Å². The molecule has 1 saturated carbocycles. The molecule has 1 N–H and O–H groups in total. The summed E-state index contributed by atoms with van der Waals surface area (Å²) in [5.41, 5.74) is 0. The van der Waals surface area contributed by atoms with Crippen LogP contribution in [0.5, 0.6) is 0 Å². The molecule has 1 nitrogen and oxygen atoms in total. The van der Waals surface area contributed by atoms with Gasteiger partial charge >= 0.3 is 0 Å². The number of hydrogen-bond donors (Lipinski definition) is 1. The van der Waals surface area contributed by atoms with Crippen LogP contribution in [0.4, 0.5) is 0 Å². The number of hydrogen-bond acceptors (Lipinski definition) is 1. The van der Waals surface area contributed by atoms with Crippen molar-refractivity contribution in [3.63, 3.8) is 0 Å². The van der Waals surface area contributed by atoms with Gasteiger partial charge in [-0.25, -0.2) is 0 Å². The van der Waals surface area contributed by atoms with E-state index in [1.807, 2.05) is 0 Å². The second-order valence-electron chi connectivity index (χ2n) is 3.79. The lowest BCUT2D eigenvalue weighted by atomic mass is 9.75. The molecule has 2 aliphatic heterocycles. The van der Waals surface area contributed by atoms with Gasteiger partial charge in [-0.05, 0) is 38.0 Å². The van der Waals surface area contributed by atoms with Crippen molar-refractivity contribution in [3.05, 3.63) is 0 Å². The fraction of sp³-hybridized carbons (Fsp3) is 1.00. The molecule has 1 aliphatic carbocycles. The first-order valence-corrected chi connectivity index (χ1v) is 4.66. The van der Waals surface area contributed by atoms with Crippen LogP contribution in [-0.4, -0.2) is 12.1 Å². The van der Waals surface area contributed by atoms with E-state index in [0.717, 1.165) is 18.0 Å². The number of fused-ring (bicyclic) bond motifs is 3. The summed E-state index contributed by atoms with van der Waals surface area (Å²) in [6, 6.07) is 1.75. The quantitative estimate of drug-likeness (QED) is 0.585. The highest BCUT2D eigenvalue weighted by molar-refractivity contribution is 4.91. The van der Waals surface area contributed by atoms with Gasteiger partial charge in [0.1, 0.15) is 0 Å². The summed E-state index contributed by atoms with van der Waals surface area (Å²) in [5.74, 6) is 1.02. The molecule has 2 bridgehead atoms. The second kappa shape index (κ2) is 2.54. The largest absolute Gasteiger partial charge is 0.311 e. The molecule has 1 atom stereocenters. The minimum atomic E-state index is 0.868. The maximum Gasteiger partial charge on any atom is 0.00953 e. The highest BCUT2D eigenvalue weighted by atomic mass is 15.0. The maximum atomic E-state index is 3.70. The smallest absolute Gasteiger partial charge is 0.00953 e. The topological polar surface area (TPSA) is 12.0 Å². The van der Waals surface area contributed by atoms with Gasteiger partial charge in [0.15, 0.2) is 0 Å². The molecule has 0 aromatic rings. The van der Waals surface area contributed by atoms with E-state index in [2.05, 4.69) is 12.2 Å². The van der Waals surface area contributed by atoms with Crippen molar-refractivity contribution >= 4 is 0 Å². The van der Waals surface area contributed by atoms with Crippen molar-refractivity contribution < 1.29 is 0 Å². The molecule has 10 heavy (non-hydrogen) atoms. The predicted octanol–water partition coefficient (Wildman–Crippen LogP) is 1.93. The summed E-state index contributed by atoms with van der Waals surface area (Å²) < 4.78 is 0. The van der Waals surface area contributed by atoms with Crippen LogP contribution in [0.25, 0.3) is 0 Å². The molecule has 0 aromatic heterocycles. The molecule has 3 rings (SSSR count). The van der Waals surface area contributed by atoms with E-state index in [-0.39, 0.29) is 0 Å². The van der Waals surface area contributed by atoms with Crippen molar-refractivity contribution in [2.75, 3.05) is 0 Å². The van der Waals surface area contributed by atoms with Crippen molar-refractivity contribution in [3.8, 4) is 0 Å². The highest BCUT2D eigenvalue weighted by Crippen LogP contribution is 2.33. The van der Waals surface area contributed by atoms with Crippen LogP contribution in [-0.2, 0) is 0 Å². The van der Waals surface area contributed by atoms with Crippen LogP contribution in [0.1, 0.15) is 39.0 Å². The van der Waals surface area contributed by atoms with Gasteiger partial charge in [-0.1, -0.05) is 6.92 Å². The summed E-state index contributed by atoms with van der Waals surface area (Å²) in [5, 5.41) is 3.70. The van der Waals surface area contributed by atoms with Gasteiger partial charge in [0, 0.05) is 12.1 Å². The van der Waals surface area contributed by atoms with E-state index in [4.69, 9.17) is 0 Å². The minimum Gasteiger partial charge on any atom is -0.311 e. The number of nitrogens with one attached hydrogen (secondary N) is 1. The number of rotatable bonds is 1. The van der Waals surface area contributed by atoms with Crippen molar-refractivity contribution in [1.82, 2.24) is 5.32 Å². The molecule has 1 heteroatoms. The highest BCUT2D eigenvalue weighted by Gasteiger charge is 2.33. The fourth-order valence-corrected chi connectivity index (χ4v) is 2.58. The molecular weight excluding hydrogens is 122 g/mol. The van der Waals surface area contributed by atoms with Crippen LogP contribution in [0.2, 0.25) is 0 Å². The molecular formula is C9H17N. The Balaban J connectivity index is 2.01. The van der Waals surface area contributed by atoms with Gasteiger partial charge in [0.05, 0.1) is 0 Å². The Hall–Kier alpha value is -0.0400. The van der Waals surface area contributed by atoms with Gasteiger partial charge in [-0.3, -0.25) is 0 Å². The number of piperidine rings is 2. The molecule has 2 saturated heterocycles. The van der Waals surface area contributed by atoms with Crippen LogP contribution >= 0.6 is 0 Å². The van der Waals surface area contributed by atoms with Crippen LogP contribution in [0.15, 0.2) is 0 Å². The van der Waals surface area contributed by atoms with Gasteiger partial charge in [-0.15, -0.1) is 0 Å². The Morgan fingerprint density at radius 3 is 2.20 bits per heavy atom. The third-order valence-electron chi connectivity index (χ3n) is 3.23. The average molecular weight is 139 g/mol. The van der Waals surface area contributed by atoms with Crippen LogP contribution < -0.4 is 5.32 Å². The molecule has 3 fully saturated rings. The molecule has 0 spiro atoms. The third-order valence-corrected chi connectivity index (χ3v) is 3.23. The van der Waals surface area contributed by atoms with Crippen molar-refractivity contribution in [2.24, 2.45) is 5.92 Å². The summed E-state index contributed by atoms with van der Waals surface area (Å²) in [6.07, 6.45) is 7.22. The Bertz CT molecular complexity index is 114. The molecule has 58 valence electrons. The van der Waals surface area contributed by atoms with Gasteiger partial charge in [0.25, 0.3) is 0 Å². The summed E-state index contributed by atoms with van der Waals surface area (Å²) in [6.45, 7) is 2.30. The summed E-state index contributed by atoms with van der Waals surface area (Å²) >= 11 is 0. The Kier molecular flexibility index (Phi) is 1.69. The van der Waals surface area contributed by atoms with Crippen molar-refractivity contribution in [1.29, 1.82) is 0 Å². The van der Waals surface area contributed by atoms with Gasteiger partial charge < -0.3 is 5.32 Å². The Morgan fingerprint density at radius 1 is 1.20 bits per heavy atom. The molecule has 0 amide bonds. The van der Waals surface area contributed by atoms with Gasteiger partial charge in [0.2, 0.25) is 0 Å². The van der Waals surface area contributed by atoms with Crippen LogP contribution in [0.3, 0.4) is 0 Å². The van der Waals surface area contributed by atoms with Crippen LogP contribution in [0, 0.1) is 5.92 Å². The lowest BCUT2D eigenvalue weighted by Gasteiger charge is -2.43. The van der Waals surface area contributed by atoms with E-state index >= 15 is 0 Å². The standard InChI is InChI=1S/C9H17N/c1-2-9-7-3-5-8(10-9)6-4-7/h7-10H,2-6H2,1H3. The first-order chi connectivity index (χ1) is 4.90. The molecule has 1 unspecified atom stereocenters. The Labute approximate surface area is 63.2 Å². The fourth-order valence-electron chi connectivity index (χ4n) is 2.58. The molecule has 0 radical (unpaired) electrons. The predicted molar refractivity (Wildman–Crippen MR) is 43.0 cm³/mol. The maximum absolute atomic E-state index is 3.70.